The van der Waals surface area contributed by atoms with Gasteiger partial charge in [-0.15, -0.1) is 0 Å². The third-order valence-electron chi connectivity index (χ3n) is 4.42. The van der Waals surface area contributed by atoms with E-state index in [1.165, 1.54) is 7.11 Å². The molecule has 6 nitrogen and oxygen atoms in total. The highest BCUT2D eigenvalue weighted by Crippen LogP contribution is 2.28. The van der Waals surface area contributed by atoms with E-state index < -0.39 is 36.5 Å². The van der Waals surface area contributed by atoms with E-state index in [1.54, 1.807) is 48.5 Å². The summed E-state index contributed by atoms with van der Waals surface area (Å²) in [6.45, 7) is 0. The zero-order chi connectivity index (χ0) is 19.9. The first-order valence-corrected chi connectivity index (χ1v) is 10.0. The van der Waals surface area contributed by atoms with Crippen LogP contribution in [0.3, 0.4) is 0 Å². The second kappa shape index (κ2) is 9.82. The summed E-state index contributed by atoms with van der Waals surface area (Å²) in [5, 5.41) is 0.388. The minimum atomic E-state index is -0.772. The van der Waals surface area contributed by atoms with Crippen molar-refractivity contribution in [1.29, 1.82) is 0 Å². The molecule has 1 aliphatic heterocycles. The molecule has 3 rings (SSSR count). The molecule has 2 aromatic carbocycles. The third kappa shape index (κ3) is 4.98. The number of methoxy groups -OCH3 is 1. The summed E-state index contributed by atoms with van der Waals surface area (Å²) < 4.78 is 22.5. The van der Waals surface area contributed by atoms with Gasteiger partial charge in [0.15, 0.2) is 12.4 Å². The second-order valence-electron chi connectivity index (χ2n) is 6.28. The normalized spacial score (nSPS) is 24.4. The molecule has 4 atom stereocenters. The predicted octanol–water partition coefficient (Wildman–Crippen LogP) is 3.59. The fourth-order valence-corrected chi connectivity index (χ4v) is 3.50. The number of esters is 2. The zero-order valence-corrected chi connectivity index (χ0v) is 16.9. The van der Waals surface area contributed by atoms with E-state index in [1.807, 2.05) is 12.1 Å². The lowest BCUT2D eigenvalue weighted by Crippen LogP contribution is -2.53. The molecule has 0 amide bonds. The average Bonchev–Trinajstić information content (AvgIpc) is 2.75. The molecular weight excluding hydrogens is 428 g/mol. The molecule has 1 saturated heterocycles. The topological polar surface area (TPSA) is 71.1 Å². The van der Waals surface area contributed by atoms with Crippen molar-refractivity contribution in [3.05, 3.63) is 71.8 Å². The molecule has 0 aliphatic carbocycles. The molecule has 0 aromatic heterocycles. The molecule has 7 heteroatoms. The maximum atomic E-state index is 12.6. The predicted molar refractivity (Wildman–Crippen MR) is 105 cm³/mol. The zero-order valence-electron chi connectivity index (χ0n) is 15.3. The summed E-state index contributed by atoms with van der Waals surface area (Å²) >= 11 is 3.38. The summed E-state index contributed by atoms with van der Waals surface area (Å²) in [6, 6.07) is 17.3. The molecule has 0 radical (unpaired) electrons. The highest BCUT2D eigenvalue weighted by Gasteiger charge is 2.43. The van der Waals surface area contributed by atoms with Crippen molar-refractivity contribution in [2.75, 3.05) is 12.4 Å². The quantitative estimate of drug-likeness (QED) is 0.496. The standard InChI is InChI=1S/C21H21BrO6/c1-25-18-12-16(27-20(23)14-8-4-2-5-9-14)19(17(13-22)26-18)28-21(24)15-10-6-3-7-11-15/h2-11,16-19H,12-13H2,1H3/t16-,17-,18+,19-/m0/s1. The van der Waals surface area contributed by atoms with E-state index in [0.717, 1.165) is 0 Å². The molecule has 0 saturated carbocycles. The summed E-state index contributed by atoms with van der Waals surface area (Å²) in [5.41, 5.74) is 0.837. The molecular formula is C21H21BrO6. The Morgan fingerprint density at radius 2 is 1.50 bits per heavy atom. The first kappa shape index (κ1) is 20.5. The van der Waals surface area contributed by atoms with Gasteiger partial charge in [-0.1, -0.05) is 52.3 Å². The molecule has 1 heterocycles. The molecule has 28 heavy (non-hydrogen) atoms. The second-order valence-corrected chi connectivity index (χ2v) is 6.92. The summed E-state index contributed by atoms with van der Waals surface area (Å²) in [4.78, 5) is 25.1. The number of hydrogen-bond acceptors (Lipinski definition) is 6. The minimum absolute atomic E-state index is 0.255. The SMILES string of the molecule is CO[C@H]1C[C@H](OC(=O)c2ccccc2)[C@H](OC(=O)c2ccccc2)[C@H](CBr)O1. The van der Waals surface area contributed by atoms with Gasteiger partial charge in [0.2, 0.25) is 0 Å². The van der Waals surface area contributed by atoms with E-state index >= 15 is 0 Å². The van der Waals surface area contributed by atoms with Crippen LogP contribution in [0.15, 0.2) is 60.7 Å². The minimum Gasteiger partial charge on any atom is -0.455 e. The Morgan fingerprint density at radius 3 is 2.00 bits per heavy atom. The van der Waals surface area contributed by atoms with Crippen LogP contribution in [0.5, 0.6) is 0 Å². The van der Waals surface area contributed by atoms with Gasteiger partial charge in [-0.05, 0) is 24.3 Å². The largest absolute Gasteiger partial charge is 0.455 e. The number of carbonyl (C=O) groups excluding carboxylic acids is 2. The van der Waals surface area contributed by atoms with Gasteiger partial charge in [-0.3, -0.25) is 0 Å². The van der Waals surface area contributed by atoms with Gasteiger partial charge in [0.1, 0.15) is 12.2 Å². The lowest BCUT2D eigenvalue weighted by atomic mass is 10.0. The Labute approximate surface area is 171 Å². The number of rotatable bonds is 6. The Kier molecular flexibility index (Phi) is 7.19. The Hall–Kier alpha value is -2.22. The Balaban J connectivity index is 1.79. The van der Waals surface area contributed by atoms with Gasteiger partial charge in [0, 0.05) is 18.9 Å². The van der Waals surface area contributed by atoms with Crippen molar-refractivity contribution in [3.8, 4) is 0 Å². The van der Waals surface area contributed by atoms with Crippen LogP contribution in [0, 0.1) is 0 Å². The highest BCUT2D eigenvalue weighted by atomic mass is 79.9. The lowest BCUT2D eigenvalue weighted by molar-refractivity contribution is -0.235. The van der Waals surface area contributed by atoms with Crippen LogP contribution in [-0.4, -0.2) is 49.0 Å². The number of ether oxygens (including phenoxy) is 4. The van der Waals surface area contributed by atoms with Gasteiger partial charge in [0.05, 0.1) is 11.1 Å². The maximum absolute atomic E-state index is 12.6. The van der Waals surface area contributed by atoms with Crippen LogP contribution in [0.2, 0.25) is 0 Å². The molecule has 1 fully saturated rings. The van der Waals surface area contributed by atoms with Crippen LogP contribution in [0.1, 0.15) is 27.1 Å². The number of carbonyl (C=O) groups is 2. The van der Waals surface area contributed by atoms with Crippen molar-refractivity contribution in [2.24, 2.45) is 0 Å². The van der Waals surface area contributed by atoms with Crippen LogP contribution in [-0.2, 0) is 18.9 Å². The number of halogens is 1. The molecule has 0 unspecified atom stereocenters. The number of alkyl halides is 1. The molecule has 0 spiro atoms. The lowest BCUT2D eigenvalue weighted by Gasteiger charge is -2.39. The molecule has 148 valence electrons. The van der Waals surface area contributed by atoms with Gasteiger partial charge >= 0.3 is 11.9 Å². The fourth-order valence-electron chi connectivity index (χ4n) is 2.98. The van der Waals surface area contributed by atoms with E-state index in [9.17, 15) is 9.59 Å². The van der Waals surface area contributed by atoms with Crippen LogP contribution in [0.25, 0.3) is 0 Å². The first-order chi connectivity index (χ1) is 13.6. The van der Waals surface area contributed by atoms with Crippen molar-refractivity contribution >= 4 is 27.9 Å². The molecule has 0 N–H and O–H groups in total. The first-order valence-electron chi connectivity index (χ1n) is 8.88. The molecule has 1 aliphatic rings. The van der Waals surface area contributed by atoms with Crippen molar-refractivity contribution in [1.82, 2.24) is 0 Å². The molecule has 2 aromatic rings. The average molecular weight is 449 g/mol. The Bertz CT molecular complexity index is 782. The van der Waals surface area contributed by atoms with Crippen LogP contribution >= 0.6 is 15.9 Å². The number of hydrogen-bond donors (Lipinski definition) is 0. The third-order valence-corrected chi connectivity index (χ3v) is 5.06. The fraction of sp³-hybridized carbons (Fsp3) is 0.333. The Morgan fingerprint density at radius 1 is 0.964 bits per heavy atom. The van der Waals surface area contributed by atoms with E-state index in [-0.39, 0.29) is 6.42 Å². The van der Waals surface area contributed by atoms with E-state index in [4.69, 9.17) is 18.9 Å². The summed E-state index contributed by atoms with van der Waals surface area (Å²) in [7, 11) is 1.52. The maximum Gasteiger partial charge on any atom is 0.338 e. The summed E-state index contributed by atoms with van der Waals surface area (Å²) in [6.07, 6.45) is -2.32. The van der Waals surface area contributed by atoms with Gasteiger partial charge in [0.25, 0.3) is 0 Å². The van der Waals surface area contributed by atoms with Gasteiger partial charge < -0.3 is 18.9 Å². The van der Waals surface area contributed by atoms with Crippen molar-refractivity contribution in [3.63, 3.8) is 0 Å². The van der Waals surface area contributed by atoms with E-state index in [2.05, 4.69) is 15.9 Å². The molecule has 0 bridgehead atoms. The highest BCUT2D eigenvalue weighted by molar-refractivity contribution is 9.09. The van der Waals surface area contributed by atoms with Crippen LogP contribution < -0.4 is 0 Å². The van der Waals surface area contributed by atoms with Gasteiger partial charge in [-0.2, -0.15) is 0 Å². The van der Waals surface area contributed by atoms with Gasteiger partial charge in [-0.25, -0.2) is 9.59 Å². The van der Waals surface area contributed by atoms with Crippen molar-refractivity contribution < 1.29 is 28.5 Å². The smallest absolute Gasteiger partial charge is 0.338 e. The van der Waals surface area contributed by atoms with E-state index in [0.29, 0.717) is 16.5 Å². The number of benzene rings is 2. The van der Waals surface area contributed by atoms with Crippen LogP contribution in [0.4, 0.5) is 0 Å². The van der Waals surface area contributed by atoms with Crippen molar-refractivity contribution in [2.45, 2.75) is 31.0 Å². The summed E-state index contributed by atoms with van der Waals surface area (Å²) in [5.74, 6) is -0.992. The monoisotopic (exact) mass is 448 g/mol.